The Morgan fingerprint density at radius 1 is 1.15 bits per heavy atom. The maximum Gasteiger partial charge on any atom is 0.345 e. The van der Waals surface area contributed by atoms with E-state index in [9.17, 15) is 9.90 Å². The molecule has 1 unspecified atom stereocenters. The molecule has 0 amide bonds. The minimum absolute atomic E-state index is 0.182. The van der Waals surface area contributed by atoms with Crippen LogP contribution in [0, 0.1) is 0 Å². The van der Waals surface area contributed by atoms with Crippen LogP contribution in [0.25, 0.3) is 0 Å². The van der Waals surface area contributed by atoms with E-state index < -0.39 is 11.8 Å². The minimum atomic E-state index is -1.93. The van der Waals surface area contributed by atoms with Crippen LogP contribution in [0.1, 0.15) is 11.1 Å². The Hall–Kier alpha value is -3.09. The largest absolute Gasteiger partial charge is 0.497 e. The van der Waals surface area contributed by atoms with Crippen molar-refractivity contribution < 1.29 is 29.1 Å². The number of methoxy groups -OCH3 is 1. The van der Waals surface area contributed by atoms with Crippen LogP contribution in [0.2, 0.25) is 0 Å². The van der Waals surface area contributed by atoms with Crippen molar-refractivity contribution >= 4 is 5.97 Å². The van der Waals surface area contributed by atoms with Gasteiger partial charge in [0.05, 0.1) is 7.11 Å². The highest BCUT2D eigenvalue weighted by molar-refractivity contribution is 5.97. The zero-order chi connectivity index (χ0) is 18.9. The lowest BCUT2D eigenvalue weighted by Crippen LogP contribution is -2.29. The van der Waals surface area contributed by atoms with Crippen molar-refractivity contribution in [3.8, 4) is 5.75 Å². The van der Waals surface area contributed by atoms with E-state index in [1.54, 1.807) is 30.3 Å². The number of aliphatic hydroxyl groups is 1. The van der Waals surface area contributed by atoms with Crippen molar-refractivity contribution in [2.75, 3.05) is 13.7 Å². The van der Waals surface area contributed by atoms with Gasteiger partial charge in [-0.05, 0) is 23.8 Å². The quantitative estimate of drug-likeness (QED) is 0.648. The maximum atomic E-state index is 12.7. The molecule has 2 aromatic carbocycles. The fourth-order valence-corrected chi connectivity index (χ4v) is 3.25. The fraction of sp³-hybridized carbons (Fsp3) is 0.190. The summed E-state index contributed by atoms with van der Waals surface area (Å²) in [5.74, 6) is -1.79. The first-order chi connectivity index (χ1) is 13.1. The summed E-state index contributed by atoms with van der Waals surface area (Å²) in [7, 11) is 1.53. The van der Waals surface area contributed by atoms with E-state index in [0.717, 1.165) is 5.56 Å². The zero-order valence-electron chi connectivity index (χ0n) is 14.7. The third-order valence-corrected chi connectivity index (χ3v) is 4.57. The lowest BCUT2D eigenvalue weighted by atomic mass is 9.89. The van der Waals surface area contributed by atoms with Gasteiger partial charge in [0.25, 0.3) is 5.79 Å². The first kappa shape index (κ1) is 17.3. The van der Waals surface area contributed by atoms with Crippen LogP contribution in [-0.2, 0) is 31.5 Å². The SMILES string of the molecule is COc1cccc(C2(O)OC(=O)C(C3=CCOO3)=C2Cc2ccccc2)c1. The number of benzene rings is 2. The van der Waals surface area contributed by atoms with Gasteiger partial charge in [-0.2, -0.15) is 4.89 Å². The van der Waals surface area contributed by atoms with E-state index in [-0.39, 0.29) is 17.9 Å². The summed E-state index contributed by atoms with van der Waals surface area (Å²) in [5, 5.41) is 11.4. The van der Waals surface area contributed by atoms with Crippen molar-refractivity contribution in [1.29, 1.82) is 0 Å². The topological polar surface area (TPSA) is 74.2 Å². The van der Waals surface area contributed by atoms with Gasteiger partial charge in [0.15, 0.2) is 5.76 Å². The highest BCUT2D eigenvalue weighted by Crippen LogP contribution is 2.44. The third kappa shape index (κ3) is 3.09. The van der Waals surface area contributed by atoms with Crippen molar-refractivity contribution in [2.45, 2.75) is 12.2 Å². The molecular formula is C21H18O6. The average Bonchev–Trinajstić information content (AvgIpc) is 3.30. The number of hydrogen-bond donors (Lipinski definition) is 1. The van der Waals surface area contributed by atoms with Crippen LogP contribution in [0.5, 0.6) is 5.75 Å². The van der Waals surface area contributed by atoms with Crippen LogP contribution in [0.3, 0.4) is 0 Å². The van der Waals surface area contributed by atoms with Gasteiger partial charge < -0.3 is 19.5 Å². The molecule has 138 valence electrons. The molecule has 6 heteroatoms. The highest BCUT2D eigenvalue weighted by Gasteiger charge is 2.49. The van der Waals surface area contributed by atoms with Crippen molar-refractivity contribution in [3.05, 3.63) is 88.7 Å². The lowest BCUT2D eigenvalue weighted by Gasteiger charge is -2.26. The molecular weight excluding hydrogens is 348 g/mol. The summed E-state index contributed by atoms with van der Waals surface area (Å²) >= 11 is 0. The van der Waals surface area contributed by atoms with E-state index in [2.05, 4.69) is 0 Å². The van der Waals surface area contributed by atoms with Crippen molar-refractivity contribution in [3.63, 3.8) is 0 Å². The lowest BCUT2D eigenvalue weighted by molar-refractivity contribution is -0.231. The van der Waals surface area contributed by atoms with Crippen molar-refractivity contribution in [2.24, 2.45) is 0 Å². The molecule has 2 heterocycles. The molecule has 0 bridgehead atoms. The number of cyclic esters (lactones) is 1. The van der Waals surface area contributed by atoms with Gasteiger partial charge in [0.2, 0.25) is 0 Å². The summed E-state index contributed by atoms with van der Waals surface area (Å²) < 4.78 is 10.7. The van der Waals surface area contributed by atoms with Crippen LogP contribution in [0.15, 0.2) is 77.6 Å². The number of hydrogen-bond acceptors (Lipinski definition) is 6. The van der Waals surface area contributed by atoms with Crippen LogP contribution in [0.4, 0.5) is 0 Å². The van der Waals surface area contributed by atoms with E-state index in [0.29, 0.717) is 23.3 Å². The first-order valence-electron chi connectivity index (χ1n) is 8.49. The third-order valence-electron chi connectivity index (χ3n) is 4.57. The second-order valence-electron chi connectivity index (χ2n) is 6.22. The van der Waals surface area contributed by atoms with Gasteiger partial charge in [0, 0.05) is 17.6 Å². The fourth-order valence-electron chi connectivity index (χ4n) is 3.25. The zero-order valence-corrected chi connectivity index (χ0v) is 14.7. The van der Waals surface area contributed by atoms with E-state index >= 15 is 0 Å². The predicted molar refractivity (Wildman–Crippen MR) is 95.3 cm³/mol. The molecule has 2 aliphatic heterocycles. The molecule has 2 aromatic rings. The van der Waals surface area contributed by atoms with Gasteiger partial charge in [-0.3, -0.25) is 0 Å². The molecule has 6 nitrogen and oxygen atoms in total. The number of ether oxygens (including phenoxy) is 2. The minimum Gasteiger partial charge on any atom is -0.497 e. The number of carbonyl (C=O) groups excluding carboxylic acids is 1. The van der Waals surface area contributed by atoms with E-state index in [1.165, 1.54) is 7.11 Å². The Bertz CT molecular complexity index is 931. The van der Waals surface area contributed by atoms with Crippen LogP contribution >= 0.6 is 0 Å². The van der Waals surface area contributed by atoms with Gasteiger partial charge in [0.1, 0.15) is 17.9 Å². The number of rotatable bonds is 5. The van der Waals surface area contributed by atoms with Gasteiger partial charge >= 0.3 is 5.97 Å². The predicted octanol–water partition coefficient (Wildman–Crippen LogP) is 2.78. The average molecular weight is 366 g/mol. The van der Waals surface area contributed by atoms with Crippen LogP contribution < -0.4 is 4.74 Å². The first-order valence-corrected chi connectivity index (χ1v) is 8.49. The molecule has 0 radical (unpaired) electrons. The van der Waals surface area contributed by atoms with E-state index in [1.807, 2.05) is 30.3 Å². The summed E-state index contributed by atoms with van der Waals surface area (Å²) in [5.41, 5.74) is 1.89. The molecule has 2 aliphatic rings. The molecule has 0 saturated carbocycles. The Balaban J connectivity index is 1.86. The Morgan fingerprint density at radius 3 is 2.67 bits per heavy atom. The normalized spacial score (nSPS) is 21.7. The summed E-state index contributed by atoms with van der Waals surface area (Å²) in [6.07, 6.45) is 1.94. The Labute approximate surface area is 156 Å². The molecule has 0 aromatic heterocycles. The molecule has 0 spiro atoms. The molecule has 27 heavy (non-hydrogen) atoms. The Kier molecular flexibility index (Phi) is 4.43. The van der Waals surface area contributed by atoms with Gasteiger partial charge in [-0.15, -0.1) is 0 Å². The van der Waals surface area contributed by atoms with Crippen LogP contribution in [-0.4, -0.2) is 24.8 Å². The monoisotopic (exact) mass is 366 g/mol. The smallest absolute Gasteiger partial charge is 0.345 e. The number of esters is 1. The molecule has 1 N–H and O–H groups in total. The maximum absolute atomic E-state index is 12.7. The second-order valence-corrected chi connectivity index (χ2v) is 6.22. The standard InChI is InChI=1S/C21H18O6/c1-24-16-9-5-8-15(13-16)21(23)17(12-14-6-3-2-4-7-14)19(20(22)26-21)18-10-11-25-27-18/h2-10,13,23H,11-12H2,1H3. The second kappa shape index (κ2) is 6.90. The van der Waals surface area contributed by atoms with E-state index in [4.69, 9.17) is 19.2 Å². The molecule has 0 fully saturated rings. The summed E-state index contributed by atoms with van der Waals surface area (Å²) in [6, 6.07) is 16.3. The molecule has 0 saturated heterocycles. The molecule has 0 aliphatic carbocycles. The number of carbonyl (C=O) groups is 1. The molecule has 4 rings (SSSR count). The summed E-state index contributed by atoms with van der Waals surface area (Å²) in [6.45, 7) is 0.225. The van der Waals surface area contributed by atoms with Crippen molar-refractivity contribution in [1.82, 2.24) is 0 Å². The molecule has 1 atom stereocenters. The highest BCUT2D eigenvalue weighted by atomic mass is 17.2. The van der Waals surface area contributed by atoms with Gasteiger partial charge in [-0.25, -0.2) is 4.79 Å². The van der Waals surface area contributed by atoms with Gasteiger partial charge in [-0.1, -0.05) is 42.5 Å². The summed E-state index contributed by atoms with van der Waals surface area (Å²) in [4.78, 5) is 22.7. The Morgan fingerprint density at radius 2 is 1.96 bits per heavy atom.